The molecule has 0 heterocycles. The number of nitrogens with one attached hydrogen (secondary N) is 2. The second-order valence-electron chi connectivity index (χ2n) is 8.03. The zero-order chi connectivity index (χ0) is 18.5. The van der Waals surface area contributed by atoms with Crippen molar-refractivity contribution in [1.29, 1.82) is 0 Å². The van der Waals surface area contributed by atoms with Crippen LogP contribution in [0.1, 0.15) is 48.9 Å². The van der Waals surface area contributed by atoms with E-state index in [1.54, 1.807) is 0 Å². The Kier molecular flexibility index (Phi) is 4.14. The lowest BCUT2D eigenvalue weighted by molar-refractivity contribution is -0.384. The van der Waals surface area contributed by atoms with E-state index in [1.807, 2.05) is 0 Å². The zero-order valence-corrected chi connectivity index (χ0v) is 14.9. The first-order valence-electron chi connectivity index (χ1n) is 8.91. The highest BCUT2D eigenvalue weighted by Gasteiger charge is 2.54. The van der Waals surface area contributed by atoms with Crippen LogP contribution in [-0.4, -0.2) is 16.7 Å². The number of nitrogens with zero attached hydrogens (tertiary/aromatic N) is 1. The molecule has 0 spiro atoms. The minimum Gasteiger partial charge on any atom is -0.273 e. The third kappa shape index (κ3) is 2.94. The number of nitro benzene ring substituents is 1. The van der Waals surface area contributed by atoms with Gasteiger partial charge < -0.3 is 0 Å². The molecule has 5 rings (SSSR count). The van der Waals surface area contributed by atoms with Crippen molar-refractivity contribution in [2.75, 3.05) is 0 Å². The van der Waals surface area contributed by atoms with Crippen molar-refractivity contribution in [3.05, 3.63) is 38.9 Å². The SMILES string of the molecule is O=C(NNC(=O)C12CC3CC(CC(C3)C1)C2)c1ccc(Cl)c([N+](=O)[O-])c1. The van der Waals surface area contributed by atoms with E-state index in [-0.39, 0.29) is 27.6 Å². The number of halogens is 1. The van der Waals surface area contributed by atoms with Crippen LogP contribution >= 0.6 is 11.6 Å². The van der Waals surface area contributed by atoms with E-state index >= 15 is 0 Å². The van der Waals surface area contributed by atoms with E-state index in [2.05, 4.69) is 10.9 Å². The van der Waals surface area contributed by atoms with Gasteiger partial charge in [-0.1, -0.05) is 11.6 Å². The molecule has 4 saturated carbocycles. The fourth-order valence-corrected chi connectivity index (χ4v) is 5.69. The standard InChI is InChI=1S/C18H20ClN3O4/c19-14-2-1-13(6-15(14)22(25)26)16(23)20-21-17(24)18-7-10-3-11(8-18)5-12(4-10)9-18/h1-2,6,10-12H,3-5,7-9H2,(H,20,23)(H,21,24). The number of nitro groups is 1. The molecule has 26 heavy (non-hydrogen) atoms. The van der Waals surface area contributed by atoms with E-state index in [9.17, 15) is 19.7 Å². The van der Waals surface area contributed by atoms with Gasteiger partial charge in [0.05, 0.1) is 10.3 Å². The van der Waals surface area contributed by atoms with Gasteiger partial charge in [0.2, 0.25) is 5.91 Å². The van der Waals surface area contributed by atoms with Gasteiger partial charge in [0.15, 0.2) is 0 Å². The van der Waals surface area contributed by atoms with Gasteiger partial charge in [-0.2, -0.15) is 0 Å². The molecule has 4 fully saturated rings. The van der Waals surface area contributed by atoms with Gasteiger partial charge in [0, 0.05) is 11.6 Å². The summed E-state index contributed by atoms with van der Waals surface area (Å²) in [5.74, 6) is 1.15. The Hall–Kier alpha value is -2.15. The summed E-state index contributed by atoms with van der Waals surface area (Å²) in [5, 5.41) is 10.9. The number of carbonyl (C=O) groups excluding carboxylic acids is 2. The highest BCUT2D eigenvalue weighted by molar-refractivity contribution is 6.32. The van der Waals surface area contributed by atoms with E-state index in [0.29, 0.717) is 17.8 Å². The first kappa shape index (κ1) is 17.3. The summed E-state index contributed by atoms with van der Waals surface area (Å²) in [4.78, 5) is 35.4. The average molecular weight is 378 g/mol. The predicted octanol–water partition coefficient (Wildman–Crippen LogP) is 3.23. The largest absolute Gasteiger partial charge is 0.288 e. The number of hydrazine groups is 1. The monoisotopic (exact) mass is 377 g/mol. The Morgan fingerprint density at radius 3 is 2.19 bits per heavy atom. The minimum atomic E-state index is -0.646. The molecule has 8 heteroatoms. The Labute approximate surface area is 155 Å². The van der Waals surface area contributed by atoms with Crippen molar-refractivity contribution in [2.45, 2.75) is 38.5 Å². The number of amides is 2. The Bertz CT molecular complexity index is 759. The highest BCUT2D eigenvalue weighted by atomic mass is 35.5. The summed E-state index contributed by atoms with van der Waals surface area (Å²) < 4.78 is 0. The van der Waals surface area contributed by atoms with Crippen molar-refractivity contribution in [2.24, 2.45) is 23.2 Å². The first-order valence-corrected chi connectivity index (χ1v) is 9.29. The van der Waals surface area contributed by atoms with Crippen LogP contribution in [0.3, 0.4) is 0 Å². The van der Waals surface area contributed by atoms with Crippen molar-refractivity contribution in [3.63, 3.8) is 0 Å². The lowest BCUT2D eigenvalue weighted by Gasteiger charge is -2.55. The molecule has 1 aromatic carbocycles. The predicted molar refractivity (Wildman–Crippen MR) is 94.3 cm³/mol. The van der Waals surface area contributed by atoms with E-state index in [4.69, 9.17) is 11.6 Å². The topological polar surface area (TPSA) is 101 Å². The summed E-state index contributed by atoms with van der Waals surface area (Å²) in [5.41, 5.74) is 4.33. The van der Waals surface area contributed by atoms with Crippen LogP contribution in [-0.2, 0) is 4.79 Å². The molecular weight excluding hydrogens is 358 g/mol. The minimum absolute atomic E-state index is 0.0378. The summed E-state index contributed by atoms with van der Waals surface area (Å²) >= 11 is 5.76. The smallest absolute Gasteiger partial charge is 0.273 e. The lowest BCUT2D eigenvalue weighted by Crippen LogP contribution is -2.56. The number of carbonyl (C=O) groups is 2. The second-order valence-corrected chi connectivity index (χ2v) is 8.44. The summed E-state index contributed by atoms with van der Waals surface area (Å²) in [6, 6.07) is 3.80. The third-order valence-corrected chi connectivity index (χ3v) is 6.53. The third-order valence-electron chi connectivity index (χ3n) is 6.21. The fourth-order valence-electron chi connectivity index (χ4n) is 5.50. The Balaban J connectivity index is 1.43. The Morgan fingerprint density at radius 1 is 1.08 bits per heavy atom. The van der Waals surface area contributed by atoms with E-state index in [1.165, 1.54) is 31.4 Å². The summed E-state index contributed by atoms with van der Waals surface area (Å²) in [6.07, 6.45) is 6.38. The molecule has 4 bridgehead atoms. The molecule has 138 valence electrons. The molecule has 1 aromatic rings. The number of benzene rings is 1. The van der Waals surface area contributed by atoms with Crippen LogP contribution < -0.4 is 10.9 Å². The number of rotatable bonds is 3. The van der Waals surface area contributed by atoms with E-state index in [0.717, 1.165) is 25.3 Å². The van der Waals surface area contributed by atoms with Crippen molar-refractivity contribution in [3.8, 4) is 0 Å². The molecular formula is C18H20ClN3O4. The molecule has 0 aliphatic heterocycles. The molecule has 7 nitrogen and oxygen atoms in total. The van der Waals surface area contributed by atoms with Gasteiger partial charge in [-0.05, 0) is 68.4 Å². The number of hydrogen-bond donors (Lipinski definition) is 2. The number of hydrogen-bond acceptors (Lipinski definition) is 4. The van der Waals surface area contributed by atoms with Gasteiger partial charge in [-0.25, -0.2) is 0 Å². The van der Waals surface area contributed by atoms with Gasteiger partial charge in [0.25, 0.3) is 11.6 Å². The van der Waals surface area contributed by atoms with Crippen molar-refractivity contribution >= 4 is 29.1 Å². The van der Waals surface area contributed by atoms with Crippen LogP contribution in [0.15, 0.2) is 18.2 Å². The van der Waals surface area contributed by atoms with E-state index < -0.39 is 10.8 Å². The normalized spacial score (nSPS) is 31.5. The molecule has 0 unspecified atom stereocenters. The van der Waals surface area contributed by atoms with Crippen molar-refractivity contribution < 1.29 is 14.5 Å². The highest BCUT2D eigenvalue weighted by Crippen LogP contribution is 2.60. The summed E-state index contributed by atoms with van der Waals surface area (Å²) in [7, 11) is 0. The average Bonchev–Trinajstić information content (AvgIpc) is 2.58. The maximum absolute atomic E-state index is 12.8. The van der Waals surface area contributed by atoms with Crippen LogP contribution in [0.4, 0.5) is 5.69 Å². The van der Waals surface area contributed by atoms with Crippen LogP contribution in [0.5, 0.6) is 0 Å². The summed E-state index contributed by atoms with van der Waals surface area (Å²) in [6.45, 7) is 0. The van der Waals surface area contributed by atoms with Crippen LogP contribution in [0.25, 0.3) is 0 Å². The second kappa shape index (κ2) is 6.23. The van der Waals surface area contributed by atoms with Gasteiger partial charge in [-0.15, -0.1) is 0 Å². The van der Waals surface area contributed by atoms with Crippen molar-refractivity contribution in [1.82, 2.24) is 10.9 Å². The lowest BCUT2D eigenvalue weighted by atomic mass is 9.49. The zero-order valence-electron chi connectivity index (χ0n) is 14.2. The molecule has 0 atom stereocenters. The van der Waals surface area contributed by atoms with Gasteiger partial charge in [0.1, 0.15) is 5.02 Å². The molecule has 0 aromatic heterocycles. The molecule has 2 amide bonds. The van der Waals surface area contributed by atoms with Crippen LogP contribution in [0.2, 0.25) is 5.02 Å². The van der Waals surface area contributed by atoms with Crippen LogP contribution in [0, 0.1) is 33.3 Å². The quantitative estimate of drug-likeness (QED) is 0.623. The molecule has 4 aliphatic carbocycles. The Morgan fingerprint density at radius 2 is 1.65 bits per heavy atom. The maximum Gasteiger partial charge on any atom is 0.288 e. The molecule has 0 radical (unpaired) electrons. The molecule has 2 N–H and O–H groups in total. The molecule has 0 saturated heterocycles. The maximum atomic E-state index is 12.8. The first-order chi connectivity index (χ1) is 12.4. The fraction of sp³-hybridized carbons (Fsp3) is 0.556. The van der Waals surface area contributed by atoms with Gasteiger partial charge >= 0.3 is 0 Å². The molecule has 4 aliphatic rings. The van der Waals surface area contributed by atoms with Gasteiger partial charge in [-0.3, -0.25) is 30.6 Å².